The Morgan fingerprint density at radius 2 is 2.27 bits per heavy atom. The van der Waals surface area contributed by atoms with Crippen LogP contribution in [0.1, 0.15) is 32.4 Å². The first-order chi connectivity index (χ1) is 7.18. The average Bonchev–Trinajstić information content (AvgIpc) is 2.69. The molecule has 1 aromatic rings. The highest BCUT2D eigenvalue weighted by Gasteiger charge is 2.13. The van der Waals surface area contributed by atoms with Crippen LogP contribution in [0, 0.1) is 5.95 Å². The van der Waals surface area contributed by atoms with Gasteiger partial charge in [0.2, 0.25) is 5.95 Å². The summed E-state index contributed by atoms with van der Waals surface area (Å²) in [5.74, 6) is 0.466. The molecule has 4 heteroatoms. The minimum atomic E-state index is -0.390. The van der Waals surface area contributed by atoms with Crippen LogP contribution in [0.5, 0.6) is 0 Å². The summed E-state index contributed by atoms with van der Waals surface area (Å²) >= 11 is 0. The summed E-state index contributed by atoms with van der Waals surface area (Å²) in [6, 6.07) is 3.60. The van der Waals surface area contributed by atoms with Gasteiger partial charge < -0.3 is 5.32 Å². The van der Waals surface area contributed by atoms with Crippen LogP contribution in [-0.2, 0) is 0 Å². The van der Waals surface area contributed by atoms with Crippen LogP contribution in [0.15, 0.2) is 17.1 Å². The Morgan fingerprint density at radius 3 is 2.80 bits per heavy atom. The standard InChI is InChI=1S/C11H14FN3.H2/c1-7(2)8-3-4-9(15-10(8)12)11-13-5-6-14-11;/h3-4,7H,5-6H2,1-2H3,(H,13,14);1H. The van der Waals surface area contributed by atoms with Crippen molar-refractivity contribution in [3.05, 3.63) is 29.3 Å². The summed E-state index contributed by atoms with van der Waals surface area (Å²) in [7, 11) is 0. The van der Waals surface area contributed by atoms with Crippen LogP contribution >= 0.6 is 0 Å². The molecular weight excluding hydrogens is 193 g/mol. The highest BCUT2D eigenvalue weighted by atomic mass is 19.1. The van der Waals surface area contributed by atoms with Gasteiger partial charge in [0.25, 0.3) is 0 Å². The van der Waals surface area contributed by atoms with Gasteiger partial charge in [-0.2, -0.15) is 4.39 Å². The lowest BCUT2D eigenvalue weighted by Crippen LogP contribution is -2.21. The first kappa shape index (κ1) is 10.1. The van der Waals surface area contributed by atoms with Crippen LogP contribution in [0.3, 0.4) is 0 Å². The number of hydrogen-bond donors (Lipinski definition) is 1. The summed E-state index contributed by atoms with van der Waals surface area (Å²) in [5.41, 5.74) is 1.24. The lowest BCUT2D eigenvalue weighted by Gasteiger charge is -2.08. The van der Waals surface area contributed by atoms with Crippen molar-refractivity contribution in [2.45, 2.75) is 19.8 Å². The average molecular weight is 209 g/mol. The molecule has 15 heavy (non-hydrogen) atoms. The quantitative estimate of drug-likeness (QED) is 0.756. The second-order valence-corrected chi connectivity index (χ2v) is 3.89. The Hall–Kier alpha value is -1.45. The maximum atomic E-state index is 13.6. The van der Waals surface area contributed by atoms with Gasteiger partial charge in [0.15, 0.2) is 0 Å². The van der Waals surface area contributed by atoms with Gasteiger partial charge in [-0.3, -0.25) is 4.99 Å². The van der Waals surface area contributed by atoms with Crippen molar-refractivity contribution < 1.29 is 5.82 Å². The van der Waals surface area contributed by atoms with Crippen LogP contribution in [-0.4, -0.2) is 23.9 Å². The second-order valence-electron chi connectivity index (χ2n) is 3.89. The van der Waals surface area contributed by atoms with Gasteiger partial charge in [-0.1, -0.05) is 19.9 Å². The molecule has 0 amide bonds. The molecule has 1 N–H and O–H groups in total. The molecule has 0 atom stereocenters. The summed E-state index contributed by atoms with van der Waals surface area (Å²) in [5, 5.41) is 3.07. The molecule has 0 saturated heterocycles. The Kier molecular flexibility index (Phi) is 2.66. The van der Waals surface area contributed by atoms with Crippen molar-refractivity contribution in [1.29, 1.82) is 0 Å². The van der Waals surface area contributed by atoms with Gasteiger partial charge in [-0.25, -0.2) is 4.98 Å². The molecule has 0 radical (unpaired) electrons. The molecule has 1 aliphatic heterocycles. The molecule has 2 rings (SSSR count). The highest BCUT2D eigenvalue weighted by molar-refractivity contribution is 5.98. The molecule has 0 aromatic carbocycles. The predicted octanol–water partition coefficient (Wildman–Crippen LogP) is 1.94. The van der Waals surface area contributed by atoms with Crippen LogP contribution in [0.25, 0.3) is 0 Å². The monoisotopic (exact) mass is 209 g/mol. The zero-order chi connectivity index (χ0) is 10.8. The van der Waals surface area contributed by atoms with Crippen molar-refractivity contribution in [3.63, 3.8) is 0 Å². The highest BCUT2D eigenvalue weighted by Crippen LogP contribution is 2.17. The van der Waals surface area contributed by atoms with Gasteiger partial charge in [0.1, 0.15) is 11.5 Å². The van der Waals surface area contributed by atoms with E-state index in [0.29, 0.717) is 17.1 Å². The van der Waals surface area contributed by atoms with E-state index in [1.165, 1.54) is 0 Å². The molecule has 1 aliphatic rings. The van der Waals surface area contributed by atoms with Gasteiger partial charge >= 0.3 is 0 Å². The normalized spacial score (nSPS) is 15.3. The number of aromatic nitrogens is 1. The molecule has 3 nitrogen and oxygen atoms in total. The van der Waals surface area contributed by atoms with Crippen molar-refractivity contribution in [3.8, 4) is 0 Å². The molecule has 0 unspecified atom stereocenters. The number of hydrogen-bond acceptors (Lipinski definition) is 3. The zero-order valence-corrected chi connectivity index (χ0v) is 8.92. The number of aliphatic imine (C=N–C) groups is 1. The fraction of sp³-hybridized carbons (Fsp3) is 0.455. The third kappa shape index (κ3) is 1.98. The third-order valence-electron chi connectivity index (χ3n) is 2.42. The zero-order valence-electron chi connectivity index (χ0n) is 8.92. The molecule has 82 valence electrons. The fourth-order valence-corrected chi connectivity index (χ4v) is 1.58. The number of pyridine rings is 1. The van der Waals surface area contributed by atoms with E-state index in [9.17, 15) is 4.39 Å². The molecule has 0 aliphatic carbocycles. The topological polar surface area (TPSA) is 37.3 Å². The van der Waals surface area contributed by atoms with E-state index < -0.39 is 0 Å². The summed E-state index contributed by atoms with van der Waals surface area (Å²) in [6.07, 6.45) is 0. The lowest BCUT2D eigenvalue weighted by atomic mass is 10.1. The van der Waals surface area contributed by atoms with Gasteiger partial charge in [0.05, 0.1) is 6.54 Å². The van der Waals surface area contributed by atoms with E-state index in [-0.39, 0.29) is 13.3 Å². The Labute approximate surface area is 89.9 Å². The molecule has 0 bridgehead atoms. The molecule has 0 saturated carbocycles. The first-order valence-corrected chi connectivity index (χ1v) is 5.13. The van der Waals surface area contributed by atoms with Crippen molar-refractivity contribution in [1.82, 2.24) is 10.3 Å². The molecule has 2 heterocycles. The predicted molar refractivity (Wildman–Crippen MR) is 59.8 cm³/mol. The molecular formula is C11H16FN3. The summed E-state index contributed by atoms with van der Waals surface area (Å²) in [6.45, 7) is 5.45. The molecule has 1 aromatic heterocycles. The number of nitrogens with one attached hydrogen (secondary N) is 1. The Bertz CT molecular complexity index is 404. The van der Waals surface area contributed by atoms with E-state index in [0.717, 1.165) is 13.1 Å². The van der Waals surface area contributed by atoms with Gasteiger partial charge in [0, 0.05) is 13.5 Å². The number of nitrogens with zero attached hydrogens (tertiary/aromatic N) is 2. The fourth-order valence-electron chi connectivity index (χ4n) is 1.58. The van der Waals surface area contributed by atoms with E-state index in [2.05, 4.69) is 15.3 Å². The maximum Gasteiger partial charge on any atom is 0.216 e. The van der Waals surface area contributed by atoms with E-state index in [4.69, 9.17) is 0 Å². The maximum absolute atomic E-state index is 13.6. The summed E-state index contributed by atoms with van der Waals surface area (Å²) < 4.78 is 13.6. The number of rotatable bonds is 2. The van der Waals surface area contributed by atoms with Crippen molar-refractivity contribution in [2.24, 2.45) is 4.99 Å². The number of halogens is 1. The van der Waals surface area contributed by atoms with E-state index in [1.807, 2.05) is 19.9 Å². The van der Waals surface area contributed by atoms with Crippen LogP contribution in [0.2, 0.25) is 0 Å². The van der Waals surface area contributed by atoms with E-state index in [1.54, 1.807) is 6.07 Å². The lowest BCUT2D eigenvalue weighted by molar-refractivity contribution is 0.555. The molecule has 0 spiro atoms. The smallest absolute Gasteiger partial charge is 0.216 e. The Balaban J connectivity index is 0.00000128. The summed E-state index contributed by atoms with van der Waals surface area (Å²) in [4.78, 5) is 8.11. The van der Waals surface area contributed by atoms with E-state index >= 15 is 0 Å². The number of amidine groups is 1. The minimum Gasteiger partial charge on any atom is -0.367 e. The van der Waals surface area contributed by atoms with Gasteiger partial charge in [-0.15, -0.1) is 0 Å². The second kappa shape index (κ2) is 3.96. The first-order valence-electron chi connectivity index (χ1n) is 5.13. The van der Waals surface area contributed by atoms with Crippen molar-refractivity contribution >= 4 is 5.84 Å². The third-order valence-corrected chi connectivity index (χ3v) is 2.42. The Morgan fingerprint density at radius 1 is 1.47 bits per heavy atom. The largest absolute Gasteiger partial charge is 0.367 e. The van der Waals surface area contributed by atoms with Gasteiger partial charge in [-0.05, 0) is 12.0 Å². The van der Waals surface area contributed by atoms with Crippen molar-refractivity contribution in [2.75, 3.05) is 13.1 Å². The molecule has 0 fully saturated rings. The van der Waals surface area contributed by atoms with Crippen LogP contribution in [0.4, 0.5) is 4.39 Å². The van der Waals surface area contributed by atoms with Crippen LogP contribution < -0.4 is 5.32 Å². The SMILES string of the molecule is CC(C)c1ccc(C2=NCCN2)nc1F.[HH]. The minimum absolute atomic E-state index is 0.